The minimum absolute atomic E-state index is 0.238. The van der Waals surface area contributed by atoms with Gasteiger partial charge in [0.2, 0.25) is 5.91 Å². The van der Waals surface area contributed by atoms with Crippen LogP contribution in [-0.4, -0.2) is 23.9 Å². The molecular weight excluding hydrogens is 388 g/mol. The maximum atomic E-state index is 12.9. The standard InChI is InChI=1S/C22H26N2O4S/c1-12-9-10-17(13(2)11-12)24-20(26)14(3)28-22(27)19-16-7-5-6-8-18(16)29-21(19)23-15(4)25/h9-11,14H,5-8H2,1-4H3,(H,23,25)(H,24,26). The Morgan fingerprint density at radius 1 is 1.10 bits per heavy atom. The number of nitrogens with one attached hydrogen (secondary N) is 2. The van der Waals surface area contributed by atoms with E-state index in [0.717, 1.165) is 47.3 Å². The van der Waals surface area contributed by atoms with Crippen LogP contribution in [0.25, 0.3) is 0 Å². The molecule has 1 aliphatic rings. The van der Waals surface area contributed by atoms with Crippen molar-refractivity contribution >= 4 is 39.8 Å². The summed E-state index contributed by atoms with van der Waals surface area (Å²) in [6.45, 7) is 6.86. The van der Waals surface area contributed by atoms with Crippen LogP contribution in [-0.2, 0) is 27.2 Å². The van der Waals surface area contributed by atoms with Crippen LogP contribution in [0.2, 0.25) is 0 Å². The molecule has 0 bridgehead atoms. The van der Waals surface area contributed by atoms with E-state index in [4.69, 9.17) is 4.74 Å². The molecule has 0 radical (unpaired) electrons. The highest BCUT2D eigenvalue weighted by atomic mass is 32.1. The normalized spacial score (nSPS) is 13.9. The highest BCUT2D eigenvalue weighted by molar-refractivity contribution is 7.17. The molecule has 3 rings (SSSR count). The fraction of sp³-hybridized carbons (Fsp3) is 0.409. The lowest BCUT2D eigenvalue weighted by Crippen LogP contribution is -2.30. The fourth-order valence-electron chi connectivity index (χ4n) is 3.49. The number of esters is 1. The van der Waals surface area contributed by atoms with Gasteiger partial charge in [0.15, 0.2) is 6.10 Å². The average Bonchev–Trinajstić information content (AvgIpc) is 3.00. The summed E-state index contributed by atoms with van der Waals surface area (Å²) < 4.78 is 5.49. The van der Waals surface area contributed by atoms with Gasteiger partial charge in [-0.05, 0) is 63.6 Å². The second-order valence-electron chi connectivity index (χ2n) is 7.45. The SMILES string of the molecule is CC(=O)Nc1sc2c(c1C(=O)OC(C)C(=O)Nc1ccc(C)cc1C)CCCC2. The van der Waals surface area contributed by atoms with Crippen molar-refractivity contribution in [1.29, 1.82) is 0 Å². The summed E-state index contributed by atoms with van der Waals surface area (Å²) in [5.41, 5.74) is 4.07. The zero-order chi connectivity index (χ0) is 21.1. The number of anilines is 2. The molecule has 1 atom stereocenters. The third-order valence-electron chi connectivity index (χ3n) is 4.96. The number of ether oxygens (including phenoxy) is 1. The van der Waals surface area contributed by atoms with Crippen molar-refractivity contribution < 1.29 is 19.1 Å². The topological polar surface area (TPSA) is 84.5 Å². The molecular formula is C22H26N2O4S. The second kappa shape index (κ2) is 8.78. The molecule has 2 N–H and O–H groups in total. The van der Waals surface area contributed by atoms with Crippen molar-refractivity contribution in [3.63, 3.8) is 0 Å². The van der Waals surface area contributed by atoms with Gasteiger partial charge in [-0.15, -0.1) is 11.3 Å². The van der Waals surface area contributed by atoms with E-state index >= 15 is 0 Å². The Balaban J connectivity index is 1.76. The third-order valence-corrected chi connectivity index (χ3v) is 6.17. The van der Waals surface area contributed by atoms with Gasteiger partial charge >= 0.3 is 5.97 Å². The van der Waals surface area contributed by atoms with Gasteiger partial charge in [-0.3, -0.25) is 9.59 Å². The van der Waals surface area contributed by atoms with Crippen molar-refractivity contribution in [1.82, 2.24) is 0 Å². The number of aryl methyl sites for hydroxylation is 3. The first-order chi connectivity index (χ1) is 13.8. The van der Waals surface area contributed by atoms with Crippen molar-refractivity contribution in [2.75, 3.05) is 10.6 Å². The quantitative estimate of drug-likeness (QED) is 0.711. The summed E-state index contributed by atoms with van der Waals surface area (Å²) in [4.78, 5) is 38.1. The van der Waals surface area contributed by atoms with Gasteiger partial charge in [-0.1, -0.05) is 17.7 Å². The van der Waals surface area contributed by atoms with E-state index in [0.29, 0.717) is 16.3 Å². The first-order valence-electron chi connectivity index (χ1n) is 9.77. The van der Waals surface area contributed by atoms with Crippen LogP contribution in [0, 0.1) is 13.8 Å². The van der Waals surface area contributed by atoms with Crippen molar-refractivity contribution in [2.24, 2.45) is 0 Å². The Hall–Kier alpha value is -2.67. The Morgan fingerprint density at radius 2 is 1.83 bits per heavy atom. The molecule has 1 heterocycles. The van der Waals surface area contributed by atoms with Gasteiger partial charge < -0.3 is 15.4 Å². The van der Waals surface area contributed by atoms with E-state index in [1.807, 2.05) is 32.0 Å². The van der Waals surface area contributed by atoms with Crippen molar-refractivity contribution in [3.05, 3.63) is 45.3 Å². The largest absolute Gasteiger partial charge is 0.449 e. The molecule has 1 unspecified atom stereocenters. The zero-order valence-electron chi connectivity index (χ0n) is 17.2. The van der Waals surface area contributed by atoms with Gasteiger partial charge in [-0.2, -0.15) is 0 Å². The molecule has 0 fully saturated rings. The summed E-state index contributed by atoms with van der Waals surface area (Å²) in [6, 6.07) is 5.72. The van der Waals surface area contributed by atoms with Gasteiger partial charge in [0.1, 0.15) is 5.00 Å². The highest BCUT2D eigenvalue weighted by Gasteiger charge is 2.29. The predicted octanol–water partition coefficient (Wildman–Crippen LogP) is 4.39. The van der Waals surface area contributed by atoms with Crippen LogP contribution in [0.3, 0.4) is 0 Å². The lowest BCUT2D eigenvalue weighted by atomic mass is 9.95. The molecule has 0 aliphatic heterocycles. The van der Waals surface area contributed by atoms with E-state index in [9.17, 15) is 14.4 Å². The summed E-state index contributed by atoms with van der Waals surface area (Å²) in [7, 11) is 0. The van der Waals surface area contributed by atoms with Crippen LogP contribution < -0.4 is 10.6 Å². The van der Waals surface area contributed by atoms with Gasteiger partial charge in [0, 0.05) is 17.5 Å². The molecule has 2 aromatic rings. The molecule has 6 nitrogen and oxygen atoms in total. The average molecular weight is 415 g/mol. The molecule has 29 heavy (non-hydrogen) atoms. The second-order valence-corrected chi connectivity index (χ2v) is 8.56. The molecule has 1 aliphatic carbocycles. The lowest BCUT2D eigenvalue weighted by Gasteiger charge is -2.17. The number of carbonyl (C=O) groups excluding carboxylic acids is 3. The minimum Gasteiger partial charge on any atom is -0.449 e. The number of hydrogen-bond acceptors (Lipinski definition) is 5. The lowest BCUT2D eigenvalue weighted by molar-refractivity contribution is -0.123. The summed E-state index contributed by atoms with van der Waals surface area (Å²) in [5, 5.41) is 6.07. The van der Waals surface area contributed by atoms with E-state index in [2.05, 4.69) is 10.6 Å². The van der Waals surface area contributed by atoms with E-state index in [1.165, 1.54) is 18.3 Å². The molecule has 1 aromatic carbocycles. The highest BCUT2D eigenvalue weighted by Crippen LogP contribution is 2.38. The number of hydrogen-bond donors (Lipinski definition) is 2. The van der Waals surface area contributed by atoms with Gasteiger partial charge in [-0.25, -0.2) is 4.79 Å². The Kier molecular flexibility index (Phi) is 6.37. The molecule has 2 amide bonds. The maximum absolute atomic E-state index is 12.9. The molecule has 1 aromatic heterocycles. The van der Waals surface area contributed by atoms with Crippen LogP contribution in [0.15, 0.2) is 18.2 Å². The first-order valence-corrected chi connectivity index (χ1v) is 10.6. The molecule has 0 spiro atoms. The van der Waals surface area contributed by atoms with Crippen LogP contribution >= 0.6 is 11.3 Å². The number of carbonyl (C=O) groups is 3. The monoisotopic (exact) mass is 414 g/mol. The first kappa shape index (κ1) is 21.0. The number of amides is 2. The molecule has 154 valence electrons. The van der Waals surface area contributed by atoms with E-state index < -0.39 is 18.0 Å². The van der Waals surface area contributed by atoms with Gasteiger partial charge in [0.05, 0.1) is 5.56 Å². The maximum Gasteiger partial charge on any atom is 0.342 e. The molecule has 7 heteroatoms. The Labute approximate surface area is 174 Å². The Morgan fingerprint density at radius 3 is 2.52 bits per heavy atom. The van der Waals surface area contributed by atoms with Crippen molar-refractivity contribution in [3.8, 4) is 0 Å². The smallest absolute Gasteiger partial charge is 0.342 e. The van der Waals surface area contributed by atoms with Crippen LogP contribution in [0.1, 0.15) is 58.6 Å². The van der Waals surface area contributed by atoms with Gasteiger partial charge in [0.25, 0.3) is 5.91 Å². The van der Waals surface area contributed by atoms with E-state index in [1.54, 1.807) is 6.92 Å². The van der Waals surface area contributed by atoms with Crippen molar-refractivity contribution in [2.45, 2.75) is 59.5 Å². The summed E-state index contributed by atoms with van der Waals surface area (Å²) in [5.74, 6) is -1.20. The summed E-state index contributed by atoms with van der Waals surface area (Å²) in [6.07, 6.45) is 2.76. The number of fused-ring (bicyclic) bond motifs is 1. The summed E-state index contributed by atoms with van der Waals surface area (Å²) >= 11 is 1.43. The van der Waals surface area contributed by atoms with Crippen LogP contribution in [0.5, 0.6) is 0 Å². The van der Waals surface area contributed by atoms with E-state index in [-0.39, 0.29) is 5.91 Å². The Bertz CT molecular complexity index is 964. The fourth-order valence-corrected chi connectivity index (χ4v) is 4.81. The number of benzene rings is 1. The minimum atomic E-state index is -0.965. The number of rotatable bonds is 5. The third kappa shape index (κ3) is 4.85. The molecule has 0 saturated heterocycles. The predicted molar refractivity (Wildman–Crippen MR) is 115 cm³/mol. The van der Waals surface area contributed by atoms with Crippen LogP contribution in [0.4, 0.5) is 10.7 Å². The number of thiophene rings is 1. The zero-order valence-corrected chi connectivity index (χ0v) is 18.0. The molecule has 0 saturated carbocycles.